The van der Waals surface area contributed by atoms with Crippen LogP contribution >= 0.6 is 15.9 Å². The number of halogens is 1. The molecule has 5 heteroatoms. The minimum absolute atomic E-state index is 0.0713. The lowest BCUT2D eigenvalue weighted by molar-refractivity contribution is -0.117. The lowest BCUT2D eigenvalue weighted by Crippen LogP contribution is -2.25. The van der Waals surface area contributed by atoms with Gasteiger partial charge >= 0.3 is 5.97 Å². The standard InChI is InChI=1S/C13H14BrNO3/c1-8-3-4-9(13(17)18-2)5-11(8)15-7-10(14)6-12(15)16/h3-5,10H,6-7H2,1-2H3. The fourth-order valence-electron chi connectivity index (χ4n) is 2.04. The average Bonchev–Trinajstić information content (AvgIpc) is 2.68. The summed E-state index contributed by atoms with van der Waals surface area (Å²) in [6.07, 6.45) is 0.488. The summed E-state index contributed by atoms with van der Waals surface area (Å²) in [6.45, 7) is 2.55. The highest BCUT2D eigenvalue weighted by Gasteiger charge is 2.30. The number of nitrogens with zero attached hydrogens (tertiary/aromatic N) is 1. The second kappa shape index (κ2) is 5.10. The van der Waals surface area contributed by atoms with Crippen LogP contribution < -0.4 is 4.90 Å². The second-order valence-electron chi connectivity index (χ2n) is 4.30. The van der Waals surface area contributed by atoms with Crippen molar-refractivity contribution in [2.75, 3.05) is 18.6 Å². The highest BCUT2D eigenvalue weighted by atomic mass is 79.9. The molecule has 0 aliphatic carbocycles. The van der Waals surface area contributed by atoms with Gasteiger partial charge in [0, 0.05) is 23.5 Å². The van der Waals surface area contributed by atoms with Crippen molar-refractivity contribution < 1.29 is 14.3 Å². The number of hydrogen-bond acceptors (Lipinski definition) is 3. The van der Waals surface area contributed by atoms with Gasteiger partial charge in [-0.3, -0.25) is 4.79 Å². The van der Waals surface area contributed by atoms with Crippen molar-refractivity contribution in [1.82, 2.24) is 0 Å². The molecule has 18 heavy (non-hydrogen) atoms. The van der Waals surface area contributed by atoms with Gasteiger partial charge in [-0.05, 0) is 24.6 Å². The Balaban J connectivity index is 2.38. The molecule has 1 atom stereocenters. The molecule has 1 aliphatic heterocycles. The molecule has 1 amide bonds. The monoisotopic (exact) mass is 311 g/mol. The molecule has 1 aromatic carbocycles. The van der Waals surface area contributed by atoms with Crippen molar-refractivity contribution in [2.45, 2.75) is 18.2 Å². The summed E-state index contributed by atoms with van der Waals surface area (Å²) in [5.74, 6) is -0.319. The van der Waals surface area contributed by atoms with Crippen molar-refractivity contribution in [3.8, 4) is 0 Å². The topological polar surface area (TPSA) is 46.6 Å². The summed E-state index contributed by atoms with van der Waals surface area (Å²) in [6, 6.07) is 5.25. The van der Waals surface area contributed by atoms with E-state index in [2.05, 4.69) is 15.9 Å². The third-order valence-electron chi connectivity index (χ3n) is 3.00. The van der Waals surface area contributed by atoms with E-state index >= 15 is 0 Å². The number of carbonyl (C=O) groups is 2. The number of benzene rings is 1. The number of hydrogen-bond donors (Lipinski definition) is 0. The molecule has 1 unspecified atom stereocenters. The number of aryl methyl sites for hydroxylation is 1. The first kappa shape index (κ1) is 13.1. The van der Waals surface area contributed by atoms with Crippen molar-refractivity contribution in [3.63, 3.8) is 0 Å². The van der Waals surface area contributed by atoms with Crippen LogP contribution in [-0.4, -0.2) is 30.4 Å². The molecule has 1 saturated heterocycles. The number of esters is 1. The summed E-state index contributed by atoms with van der Waals surface area (Å²) < 4.78 is 4.69. The zero-order chi connectivity index (χ0) is 13.3. The maximum absolute atomic E-state index is 11.9. The fourth-order valence-corrected chi connectivity index (χ4v) is 2.61. The Labute approximate surface area is 114 Å². The van der Waals surface area contributed by atoms with Gasteiger partial charge in [0.05, 0.1) is 12.7 Å². The summed E-state index contributed by atoms with van der Waals surface area (Å²) in [5.41, 5.74) is 2.21. The van der Waals surface area contributed by atoms with E-state index in [0.29, 0.717) is 18.5 Å². The van der Waals surface area contributed by atoms with Crippen LogP contribution in [0, 0.1) is 6.92 Å². The van der Waals surface area contributed by atoms with E-state index in [0.717, 1.165) is 11.3 Å². The van der Waals surface area contributed by atoms with Crippen molar-refractivity contribution in [3.05, 3.63) is 29.3 Å². The van der Waals surface area contributed by atoms with Gasteiger partial charge in [0.2, 0.25) is 5.91 Å². The molecule has 1 fully saturated rings. The molecule has 1 heterocycles. The molecule has 1 aromatic rings. The van der Waals surface area contributed by atoms with Crippen molar-refractivity contribution in [1.29, 1.82) is 0 Å². The maximum atomic E-state index is 11.9. The molecule has 0 radical (unpaired) electrons. The maximum Gasteiger partial charge on any atom is 0.337 e. The fraction of sp³-hybridized carbons (Fsp3) is 0.385. The van der Waals surface area contributed by atoms with Crippen LogP contribution in [0.3, 0.4) is 0 Å². The van der Waals surface area contributed by atoms with Crippen molar-refractivity contribution >= 4 is 33.5 Å². The Morgan fingerprint density at radius 3 is 2.78 bits per heavy atom. The number of amides is 1. The molecular formula is C13H14BrNO3. The van der Waals surface area contributed by atoms with E-state index in [1.807, 2.05) is 13.0 Å². The molecule has 0 saturated carbocycles. The Bertz CT molecular complexity index is 501. The highest BCUT2D eigenvalue weighted by Crippen LogP contribution is 2.28. The SMILES string of the molecule is COC(=O)c1ccc(C)c(N2CC(Br)CC2=O)c1. The van der Waals surface area contributed by atoms with Crippen LogP contribution in [0.25, 0.3) is 0 Å². The molecule has 96 valence electrons. The van der Waals surface area contributed by atoms with Gasteiger partial charge in [0.15, 0.2) is 0 Å². The molecule has 4 nitrogen and oxygen atoms in total. The van der Waals surface area contributed by atoms with E-state index in [4.69, 9.17) is 4.74 Å². The number of rotatable bonds is 2. The van der Waals surface area contributed by atoms with E-state index in [1.165, 1.54) is 7.11 Å². The molecule has 2 rings (SSSR count). The summed E-state index contributed by atoms with van der Waals surface area (Å²) in [4.78, 5) is 25.3. The third kappa shape index (κ3) is 2.41. The van der Waals surface area contributed by atoms with Crippen LogP contribution in [0.1, 0.15) is 22.3 Å². The highest BCUT2D eigenvalue weighted by molar-refractivity contribution is 9.09. The van der Waals surface area contributed by atoms with Gasteiger partial charge in [-0.1, -0.05) is 22.0 Å². The van der Waals surface area contributed by atoms with Gasteiger partial charge in [0.25, 0.3) is 0 Å². The van der Waals surface area contributed by atoms with E-state index < -0.39 is 5.97 Å². The average molecular weight is 312 g/mol. The smallest absolute Gasteiger partial charge is 0.337 e. The van der Waals surface area contributed by atoms with Gasteiger partial charge in [-0.2, -0.15) is 0 Å². The second-order valence-corrected chi connectivity index (χ2v) is 5.59. The first-order valence-electron chi connectivity index (χ1n) is 5.66. The molecule has 0 aromatic heterocycles. The molecule has 1 aliphatic rings. The number of ether oxygens (including phenoxy) is 1. The number of carbonyl (C=O) groups excluding carboxylic acids is 2. The van der Waals surface area contributed by atoms with Crippen LogP contribution in [0.5, 0.6) is 0 Å². The minimum atomic E-state index is -0.390. The summed E-state index contributed by atoms with van der Waals surface area (Å²) in [7, 11) is 1.34. The molecule has 0 bridgehead atoms. The first-order chi connectivity index (χ1) is 8.52. The number of anilines is 1. The Kier molecular flexibility index (Phi) is 3.71. The van der Waals surface area contributed by atoms with E-state index in [1.54, 1.807) is 17.0 Å². The van der Waals surface area contributed by atoms with Gasteiger partial charge < -0.3 is 9.64 Å². The normalized spacial score (nSPS) is 19.2. The Morgan fingerprint density at radius 2 is 2.22 bits per heavy atom. The van der Waals surface area contributed by atoms with Gasteiger partial charge in [-0.25, -0.2) is 4.79 Å². The lowest BCUT2D eigenvalue weighted by atomic mass is 10.1. The third-order valence-corrected chi connectivity index (χ3v) is 3.61. The molecule has 0 N–H and O–H groups in total. The molecule has 0 spiro atoms. The molecular weight excluding hydrogens is 298 g/mol. The first-order valence-corrected chi connectivity index (χ1v) is 6.58. The minimum Gasteiger partial charge on any atom is -0.465 e. The Hall–Kier alpha value is -1.36. The number of alkyl halides is 1. The lowest BCUT2D eigenvalue weighted by Gasteiger charge is -2.19. The Morgan fingerprint density at radius 1 is 1.50 bits per heavy atom. The zero-order valence-electron chi connectivity index (χ0n) is 10.3. The van der Waals surface area contributed by atoms with Crippen LogP contribution in [-0.2, 0) is 9.53 Å². The van der Waals surface area contributed by atoms with Crippen LogP contribution in [0.4, 0.5) is 5.69 Å². The van der Waals surface area contributed by atoms with Crippen molar-refractivity contribution in [2.24, 2.45) is 0 Å². The summed E-state index contributed by atoms with van der Waals surface area (Å²) >= 11 is 3.45. The largest absolute Gasteiger partial charge is 0.465 e. The quantitative estimate of drug-likeness (QED) is 0.622. The van der Waals surface area contributed by atoms with Gasteiger partial charge in [0.1, 0.15) is 0 Å². The summed E-state index contributed by atoms with van der Waals surface area (Å²) in [5, 5.41) is 0. The van der Waals surface area contributed by atoms with Crippen LogP contribution in [0.2, 0.25) is 0 Å². The predicted molar refractivity (Wildman–Crippen MR) is 72.2 cm³/mol. The predicted octanol–water partition coefficient (Wildman–Crippen LogP) is 2.28. The zero-order valence-corrected chi connectivity index (χ0v) is 11.9. The van der Waals surface area contributed by atoms with Crippen LogP contribution in [0.15, 0.2) is 18.2 Å². The van der Waals surface area contributed by atoms with Gasteiger partial charge in [-0.15, -0.1) is 0 Å². The van der Waals surface area contributed by atoms with E-state index in [-0.39, 0.29) is 10.7 Å². The number of methoxy groups -OCH3 is 1. The van der Waals surface area contributed by atoms with E-state index in [9.17, 15) is 9.59 Å².